The molecule has 0 heterocycles. The molecular weight excluding hydrogens is 197 g/mol. The second kappa shape index (κ2) is 5.19. The Balaban J connectivity index is 2.63. The van der Waals surface area contributed by atoms with Crippen LogP contribution >= 0.6 is 0 Å². The van der Waals surface area contributed by atoms with Gasteiger partial charge in [0.1, 0.15) is 5.82 Å². The Bertz CT molecular complexity index is 355. The maximum atomic E-state index is 12.8. The number of hydrogen-bond acceptors (Lipinski definition) is 2. The van der Waals surface area contributed by atoms with E-state index in [1.807, 2.05) is 6.92 Å². The quantitative estimate of drug-likeness (QED) is 0.669. The van der Waals surface area contributed by atoms with E-state index in [9.17, 15) is 9.18 Å². The van der Waals surface area contributed by atoms with Crippen molar-refractivity contribution in [3.63, 3.8) is 0 Å². The van der Waals surface area contributed by atoms with Crippen LogP contribution in [0.4, 0.5) is 20.6 Å². The molecule has 5 heteroatoms. The number of urea groups is 1. The standard InChI is InChI=1S/C10H14FN3O/c1-2-5-13-10(15)14-9-6-7(11)3-4-8(9)12/h3-4,6H,2,5,12H2,1H3,(H2,13,14,15). The van der Waals surface area contributed by atoms with Crippen LogP contribution in [0.5, 0.6) is 0 Å². The molecule has 0 unspecified atom stereocenters. The Kier molecular flexibility index (Phi) is 3.91. The van der Waals surface area contributed by atoms with Crippen molar-refractivity contribution in [3.05, 3.63) is 24.0 Å². The number of anilines is 2. The van der Waals surface area contributed by atoms with Gasteiger partial charge in [-0.05, 0) is 24.6 Å². The van der Waals surface area contributed by atoms with Crippen molar-refractivity contribution in [2.45, 2.75) is 13.3 Å². The molecule has 4 N–H and O–H groups in total. The molecule has 82 valence electrons. The van der Waals surface area contributed by atoms with Gasteiger partial charge in [-0.15, -0.1) is 0 Å². The molecule has 0 aliphatic rings. The Morgan fingerprint density at radius 1 is 1.53 bits per heavy atom. The van der Waals surface area contributed by atoms with Crippen LogP contribution in [0.1, 0.15) is 13.3 Å². The maximum absolute atomic E-state index is 12.8. The van der Waals surface area contributed by atoms with Gasteiger partial charge in [0.25, 0.3) is 0 Å². The van der Waals surface area contributed by atoms with Gasteiger partial charge in [0.2, 0.25) is 0 Å². The van der Waals surface area contributed by atoms with Gasteiger partial charge in [-0.1, -0.05) is 6.92 Å². The lowest BCUT2D eigenvalue weighted by atomic mass is 10.2. The molecule has 1 rings (SSSR count). The van der Waals surface area contributed by atoms with Crippen molar-refractivity contribution in [1.82, 2.24) is 5.32 Å². The topological polar surface area (TPSA) is 67.2 Å². The van der Waals surface area contributed by atoms with E-state index >= 15 is 0 Å². The third kappa shape index (κ3) is 3.46. The van der Waals surface area contributed by atoms with E-state index in [0.29, 0.717) is 12.2 Å². The third-order valence-electron chi connectivity index (χ3n) is 1.80. The van der Waals surface area contributed by atoms with Gasteiger partial charge in [0.15, 0.2) is 0 Å². The molecule has 1 aromatic rings. The number of benzene rings is 1. The molecule has 0 fully saturated rings. The molecule has 0 saturated heterocycles. The molecule has 0 saturated carbocycles. The number of rotatable bonds is 3. The van der Waals surface area contributed by atoms with E-state index in [0.717, 1.165) is 6.42 Å². The fourth-order valence-electron chi connectivity index (χ4n) is 1.04. The molecule has 0 bridgehead atoms. The zero-order valence-electron chi connectivity index (χ0n) is 8.51. The third-order valence-corrected chi connectivity index (χ3v) is 1.80. The van der Waals surface area contributed by atoms with Gasteiger partial charge in [0.05, 0.1) is 11.4 Å². The highest BCUT2D eigenvalue weighted by atomic mass is 19.1. The average Bonchev–Trinajstić information content (AvgIpc) is 2.20. The van der Waals surface area contributed by atoms with Crippen LogP contribution in [0.2, 0.25) is 0 Å². The van der Waals surface area contributed by atoms with E-state index in [1.165, 1.54) is 18.2 Å². The van der Waals surface area contributed by atoms with Crippen LogP contribution in [0.25, 0.3) is 0 Å². The summed E-state index contributed by atoms with van der Waals surface area (Å²) >= 11 is 0. The lowest BCUT2D eigenvalue weighted by Crippen LogP contribution is -2.29. The fourth-order valence-corrected chi connectivity index (χ4v) is 1.04. The number of carbonyl (C=O) groups is 1. The summed E-state index contributed by atoms with van der Waals surface area (Å²) in [6.07, 6.45) is 0.839. The lowest BCUT2D eigenvalue weighted by Gasteiger charge is -2.08. The van der Waals surface area contributed by atoms with E-state index in [4.69, 9.17) is 5.73 Å². The van der Waals surface area contributed by atoms with Crippen molar-refractivity contribution in [2.24, 2.45) is 0 Å². The fraction of sp³-hybridized carbons (Fsp3) is 0.300. The van der Waals surface area contributed by atoms with Crippen LogP contribution < -0.4 is 16.4 Å². The Morgan fingerprint density at radius 2 is 2.27 bits per heavy atom. The number of nitrogens with one attached hydrogen (secondary N) is 2. The van der Waals surface area contributed by atoms with E-state index in [2.05, 4.69) is 10.6 Å². The van der Waals surface area contributed by atoms with Crippen molar-refractivity contribution in [3.8, 4) is 0 Å². The van der Waals surface area contributed by atoms with Gasteiger partial charge in [-0.3, -0.25) is 0 Å². The monoisotopic (exact) mass is 211 g/mol. The summed E-state index contributed by atoms with van der Waals surface area (Å²) in [5.74, 6) is -0.435. The molecular formula is C10H14FN3O. The van der Waals surface area contributed by atoms with Crippen LogP contribution in [0.15, 0.2) is 18.2 Å². The van der Waals surface area contributed by atoms with Crippen LogP contribution in [0, 0.1) is 5.82 Å². The number of halogens is 1. The first-order valence-electron chi connectivity index (χ1n) is 4.73. The lowest BCUT2D eigenvalue weighted by molar-refractivity contribution is 0.252. The average molecular weight is 211 g/mol. The van der Waals surface area contributed by atoms with Crippen molar-refractivity contribution in [2.75, 3.05) is 17.6 Å². The predicted molar refractivity (Wildman–Crippen MR) is 58.1 cm³/mol. The molecule has 0 aliphatic carbocycles. The smallest absolute Gasteiger partial charge is 0.319 e. The Morgan fingerprint density at radius 3 is 2.93 bits per heavy atom. The largest absolute Gasteiger partial charge is 0.397 e. The summed E-state index contributed by atoms with van der Waals surface area (Å²) in [5.41, 5.74) is 6.17. The van der Waals surface area contributed by atoms with E-state index in [1.54, 1.807) is 0 Å². The Hall–Kier alpha value is -1.78. The van der Waals surface area contributed by atoms with Crippen molar-refractivity contribution >= 4 is 17.4 Å². The minimum absolute atomic E-state index is 0.281. The van der Waals surface area contributed by atoms with Gasteiger partial charge in [0, 0.05) is 6.54 Å². The summed E-state index contributed by atoms with van der Waals surface area (Å²) in [4.78, 5) is 11.2. The Labute approximate surface area is 87.7 Å². The first kappa shape index (κ1) is 11.3. The summed E-state index contributed by atoms with van der Waals surface area (Å²) in [5, 5.41) is 5.07. The highest BCUT2D eigenvalue weighted by Gasteiger charge is 2.04. The number of nitrogens with two attached hydrogens (primary N) is 1. The highest BCUT2D eigenvalue weighted by molar-refractivity contribution is 5.92. The zero-order valence-corrected chi connectivity index (χ0v) is 8.51. The molecule has 1 aromatic carbocycles. The highest BCUT2D eigenvalue weighted by Crippen LogP contribution is 2.18. The molecule has 0 aromatic heterocycles. The normalized spacial score (nSPS) is 9.73. The second-order valence-electron chi connectivity index (χ2n) is 3.11. The van der Waals surface area contributed by atoms with Crippen molar-refractivity contribution < 1.29 is 9.18 Å². The van der Waals surface area contributed by atoms with Gasteiger partial charge >= 0.3 is 6.03 Å². The minimum Gasteiger partial charge on any atom is -0.397 e. The van der Waals surface area contributed by atoms with Crippen LogP contribution in [-0.4, -0.2) is 12.6 Å². The predicted octanol–water partition coefficient (Wildman–Crippen LogP) is 1.94. The van der Waals surface area contributed by atoms with Crippen LogP contribution in [0.3, 0.4) is 0 Å². The number of hydrogen-bond donors (Lipinski definition) is 3. The summed E-state index contributed by atoms with van der Waals surface area (Å²) < 4.78 is 12.8. The SMILES string of the molecule is CCCNC(=O)Nc1cc(F)ccc1N. The molecule has 4 nitrogen and oxygen atoms in total. The first-order chi connectivity index (χ1) is 7.13. The number of nitrogen functional groups attached to an aromatic ring is 1. The number of amides is 2. The molecule has 0 aliphatic heterocycles. The maximum Gasteiger partial charge on any atom is 0.319 e. The van der Waals surface area contributed by atoms with Gasteiger partial charge in [-0.25, -0.2) is 9.18 Å². The first-order valence-corrected chi connectivity index (χ1v) is 4.73. The molecule has 2 amide bonds. The molecule has 0 spiro atoms. The zero-order chi connectivity index (χ0) is 11.3. The van der Waals surface area contributed by atoms with E-state index in [-0.39, 0.29) is 11.7 Å². The van der Waals surface area contributed by atoms with Gasteiger partial charge in [-0.2, -0.15) is 0 Å². The minimum atomic E-state index is -0.435. The summed E-state index contributed by atoms with van der Waals surface area (Å²) in [6, 6.07) is 3.45. The van der Waals surface area contributed by atoms with E-state index < -0.39 is 5.82 Å². The molecule has 15 heavy (non-hydrogen) atoms. The summed E-state index contributed by atoms with van der Waals surface area (Å²) in [7, 11) is 0. The summed E-state index contributed by atoms with van der Waals surface area (Å²) in [6.45, 7) is 2.51. The van der Waals surface area contributed by atoms with Gasteiger partial charge < -0.3 is 16.4 Å². The second-order valence-corrected chi connectivity index (χ2v) is 3.11. The van der Waals surface area contributed by atoms with Crippen molar-refractivity contribution in [1.29, 1.82) is 0 Å². The number of carbonyl (C=O) groups excluding carboxylic acids is 1. The molecule has 0 radical (unpaired) electrons. The molecule has 0 atom stereocenters. The van der Waals surface area contributed by atoms with Crippen LogP contribution in [-0.2, 0) is 0 Å².